The Bertz CT molecular complexity index is 833. The standard InChI is InChI=1S/C21H28N2O3S/c1-4-20(23(27(3,25)26)19-10-6-5-7-11-19)21(24)22-16-8-9-18-14-12-17(2)13-15-18/h5-7,10-15,20H,4,8-9,16H2,1-3H3,(H,22,24). The van der Waals surface area contributed by atoms with Gasteiger partial charge >= 0.3 is 0 Å². The van der Waals surface area contributed by atoms with E-state index in [1.165, 1.54) is 15.4 Å². The van der Waals surface area contributed by atoms with E-state index in [0.717, 1.165) is 19.1 Å². The normalized spacial score (nSPS) is 12.4. The van der Waals surface area contributed by atoms with Gasteiger partial charge in [0.05, 0.1) is 11.9 Å². The Balaban J connectivity index is 1.99. The monoisotopic (exact) mass is 388 g/mol. The summed E-state index contributed by atoms with van der Waals surface area (Å²) < 4.78 is 25.9. The molecule has 0 fully saturated rings. The predicted octanol–water partition coefficient (Wildman–Crippen LogP) is 3.29. The van der Waals surface area contributed by atoms with Gasteiger partial charge in [0.1, 0.15) is 6.04 Å². The predicted molar refractivity (Wildman–Crippen MR) is 110 cm³/mol. The molecular weight excluding hydrogens is 360 g/mol. The first-order chi connectivity index (χ1) is 12.8. The number of benzene rings is 2. The fourth-order valence-electron chi connectivity index (χ4n) is 3.01. The van der Waals surface area contributed by atoms with Crippen molar-refractivity contribution in [3.63, 3.8) is 0 Å². The number of carbonyl (C=O) groups excluding carboxylic acids is 1. The topological polar surface area (TPSA) is 66.5 Å². The van der Waals surface area contributed by atoms with E-state index in [4.69, 9.17) is 0 Å². The van der Waals surface area contributed by atoms with E-state index in [1.807, 2.05) is 13.0 Å². The molecule has 0 aliphatic rings. The van der Waals surface area contributed by atoms with Crippen molar-refractivity contribution in [2.45, 2.75) is 39.2 Å². The van der Waals surface area contributed by atoms with Crippen molar-refractivity contribution in [1.29, 1.82) is 0 Å². The molecule has 0 aromatic heterocycles. The van der Waals surface area contributed by atoms with Crippen LogP contribution in [0.4, 0.5) is 5.69 Å². The van der Waals surface area contributed by atoms with Gasteiger partial charge in [0.2, 0.25) is 15.9 Å². The zero-order valence-corrected chi connectivity index (χ0v) is 17.0. The number of amides is 1. The smallest absolute Gasteiger partial charge is 0.243 e. The van der Waals surface area contributed by atoms with Crippen LogP contribution < -0.4 is 9.62 Å². The number of para-hydroxylation sites is 1. The van der Waals surface area contributed by atoms with E-state index < -0.39 is 16.1 Å². The Morgan fingerprint density at radius 3 is 2.26 bits per heavy atom. The molecule has 1 unspecified atom stereocenters. The summed E-state index contributed by atoms with van der Waals surface area (Å²) in [6.45, 7) is 4.38. The van der Waals surface area contributed by atoms with Crippen molar-refractivity contribution in [2.24, 2.45) is 0 Å². The van der Waals surface area contributed by atoms with Gasteiger partial charge in [-0.1, -0.05) is 55.0 Å². The Morgan fingerprint density at radius 1 is 1.07 bits per heavy atom. The number of anilines is 1. The lowest BCUT2D eigenvalue weighted by Gasteiger charge is -2.30. The Kier molecular flexibility index (Phi) is 7.42. The van der Waals surface area contributed by atoms with Gasteiger partial charge in [-0.05, 0) is 43.9 Å². The molecule has 0 heterocycles. The lowest BCUT2D eigenvalue weighted by Crippen LogP contribution is -2.49. The van der Waals surface area contributed by atoms with Crippen molar-refractivity contribution in [2.75, 3.05) is 17.1 Å². The van der Waals surface area contributed by atoms with Crippen molar-refractivity contribution in [3.05, 3.63) is 65.7 Å². The molecule has 2 rings (SSSR count). The highest BCUT2D eigenvalue weighted by molar-refractivity contribution is 7.92. The fraction of sp³-hybridized carbons (Fsp3) is 0.381. The molecule has 1 amide bonds. The van der Waals surface area contributed by atoms with Gasteiger partial charge in [0.25, 0.3) is 0 Å². The molecule has 0 aliphatic carbocycles. The van der Waals surface area contributed by atoms with Gasteiger partial charge < -0.3 is 5.32 Å². The molecule has 6 heteroatoms. The second kappa shape index (κ2) is 9.55. The molecule has 1 N–H and O–H groups in total. The van der Waals surface area contributed by atoms with Crippen LogP contribution in [0.2, 0.25) is 0 Å². The molecule has 0 saturated heterocycles. The maximum absolute atomic E-state index is 12.7. The number of carbonyl (C=O) groups is 1. The SMILES string of the molecule is CCC(C(=O)NCCCc1ccc(C)cc1)N(c1ccccc1)S(C)(=O)=O. The third kappa shape index (κ3) is 6.10. The van der Waals surface area contributed by atoms with Crippen molar-refractivity contribution in [1.82, 2.24) is 5.32 Å². The zero-order valence-electron chi connectivity index (χ0n) is 16.2. The van der Waals surface area contributed by atoms with Gasteiger partial charge in [-0.2, -0.15) is 0 Å². The van der Waals surface area contributed by atoms with Crippen molar-refractivity contribution in [3.8, 4) is 0 Å². The molecular formula is C21H28N2O3S. The summed E-state index contributed by atoms with van der Waals surface area (Å²) in [6.07, 6.45) is 3.19. The average molecular weight is 389 g/mol. The Hall–Kier alpha value is -2.34. The first-order valence-corrected chi connectivity index (χ1v) is 11.1. The Morgan fingerprint density at radius 2 is 1.70 bits per heavy atom. The molecule has 1 atom stereocenters. The first kappa shape index (κ1) is 21.0. The molecule has 5 nitrogen and oxygen atoms in total. The quantitative estimate of drug-likeness (QED) is 0.671. The van der Waals surface area contributed by atoms with Gasteiger partial charge in [0, 0.05) is 6.54 Å². The number of rotatable bonds is 9. The van der Waals surface area contributed by atoms with E-state index in [-0.39, 0.29) is 5.91 Å². The van der Waals surface area contributed by atoms with E-state index >= 15 is 0 Å². The lowest BCUT2D eigenvalue weighted by atomic mass is 10.1. The van der Waals surface area contributed by atoms with Gasteiger partial charge in [-0.25, -0.2) is 8.42 Å². The summed E-state index contributed by atoms with van der Waals surface area (Å²) >= 11 is 0. The fourth-order valence-corrected chi connectivity index (χ4v) is 4.22. The van der Waals surface area contributed by atoms with E-state index in [2.05, 4.69) is 36.5 Å². The third-order valence-electron chi connectivity index (χ3n) is 4.40. The Labute approximate surface area is 162 Å². The minimum Gasteiger partial charge on any atom is -0.354 e. The molecule has 0 bridgehead atoms. The number of nitrogens with one attached hydrogen (secondary N) is 1. The highest BCUT2D eigenvalue weighted by Crippen LogP contribution is 2.22. The second-order valence-corrected chi connectivity index (χ2v) is 8.56. The molecule has 0 aliphatic heterocycles. The average Bonchev–Trinajstić information content (AvgIpc) is 2.64. The minimum atomic E-state index is -3.58. The molecule has 0 spiro atoms. The maximum atomic E-state index is 12.7. The molecule has 27 heavy (non-hydrogen) atoms. The maximum Gasteiger partial charge on any atom is 0.243 e. The third-order valence-corrected chi connectivity index (χ3v) is 5.58. The largest absolute Gasteiger partial charge is 0.354 e. The summed E-state index contributed by atoms with van der Waals surface area (Å²) in [5, 5.41) is 2.89. The number of nitrogens with zero attached hydrogens (tertiary/aromatic N) is 1. The van der Waals surface area contributed by atoms with Gasteiger partial charge in [-0.3, -0.25) is 9.10 Å². The second-order valence-electron chi connectivity index (χ2n) is 6.70. The zero-order chi connectivity index (χ0) is 19.9. The van der Waals surface area contributed by atoms with Crippen LogP contribution in [0.5, 0.6) is 0 Å². The molecule has 146 valence electrons. The first-order valence-electron chi connectivity index (χ1n) is 9.20. The summed E-state index contributed by atoms with van der Waals surface area (Å²) in [7, 11) is -3.58. The van der Waals surface area contributed by atoms with Crippen molar-refractivity contribution < 1.29 is 13.2 Å². The van der Waals surface area contributed by atoms with Gasteiger partial charge in [-0.15, -0.1) is 0 Å². The number of hydrogen-bond acceptors (Lipinski definition) is 3. The van der Waals surface area contributed by atoms with Crippen LogP contribution in [0.3, 0.4) is 0 Å². The van der Waals surface area contributed by atoms with Crippen LogP contribution in [0.15, 0.2) is 54.6 Å². The minimum absolute atomic E-state index is 0.268. The van der Waals surface area contributed by atoms with E-state index in [0.29, 0.717) is 18.7 Å². The summed E-state index contributed by atoms with van der Waals surface area (Å²) in [6, 6.07) is 16.3. The van der Waals surface area contributed by atoms with Crippen LogP contribution >= 0.6 is 0 Å². The lowest BCUT2D eigenvalue weighted by molar-refractivity contribution is -0.122. The summed E-state index contributed by atoms with van der Waals surface area (Å²) in [5.74, 6) is -0.268. The van der Waals surface area contributed by atoms with Crippen LogP contribution in [0.25, 0.3) is 0 Å². The number of sulfonamides is 1. The highest BCUT2D eigenvalue weighted by atomic mass is 32.2. The highest BCUT2D eigenvalue weighted by Gasteiger charge is 2.31. The summed E-state index contributed by atoms with van der Waals surface area (Å²) in [5.41, 5.74) is 2.95. The van der Waals surface area contributed by atoms with Crippen LogP contribution in [0, 0.1) is 6.92 Å². The summed E-state index contributed by atoms with van der Waals surface area (Å²) in [4.78, 5) is 12.7. The van der Waals surface area contributed by atoms with Crippen molar-refractivity contribution >= 4 is 21.6 Å². The van der Waals surface area contributed by atoms with Crippen LogP contribution in [-0.4, -0.2) is 33.2 Å². The van der Waals surface area contributed by atoms with Crippen LogP contribution in [0.1, 0.15) is 30.9 Å². The molecule has 0 radical (unpaired) electrons. The number of hydrogen-bond donors (Lipinski definition) is 1. The number of aryl methyl sites for hydroxylation is 2. The molecule has 2 aromatic carbocycles. The van der Waals surface area contributed by atoms with Gasteiger partial charge in [0.15, 0.2) is 0 Å². The molecule has 0 saturated carbocycles. The van der Waals surface area contributed by atoms with E-state index in [1.54, 1.807) is 24.3 Å². The van der Waals surface area contributed by atoms with Crippen LogP contribution in [-0.2, 0) is 21.2 Å². The van der Waals surface area contributed by atoms with E-state index in [9.17, 15) is 13.2 Å². The molecule has 2 aromatic rings.